The molecule has 2 fully saturated rings. The topological polar surface area (TPSA) is 24.9 Å². The van der Waals surface area contributed by atoms with Gasteiger partial charge in [0.15, 0.2) is 0 Å². The van der Waals surface area contributed by atoms with Crippen LogP contribution in [0.2, 0.25) is 0 Å². The molecule has 86 valence electrons. The highest BCUT2D eigenvalue weighted by molar-refractivity contribution is 7.98. The molecule has 0 spiro atoms. The van der Waals surface area contributed by atoms with Crippen molar-refractivity contribution < 1.29 is 0 Å². The SMILES string of the molecule is CSc1ccc(NC(C2CC2)C2CC2)nc1. The second-order valence-corrected chi connectivity index (χ2v) is 5.81. The van der Waals surface area contributed by atoms with Crippen molar-refractivity contribution >= 4 is 17.6 Å². The van der Waals surface area contributed by atoms with Crippen LogP contribution in [0.25, 0.3) is 0 Å². The molecule has 1 N–H and O–H groups in total. The molecule has 0 saturated heterocycles. The van der Waals surface area contributed by atoms with Gasteiger partial charge in [-0.2, -0.15) is 0 Å². The van der Waals surface area contributed by atoms with Gasteiger partial charge in [0.25, 0.3) is 0 Å². The van der Waals surface area contributed by atoms with E-state index < -0.39 is 0 Å². The van der Waals surface area contributed by atoms with Gasteiger partial charge in [0.05, 0.1) is 0 Å². The van der Waals surface area contributed by atoms with Crippen LogP contribution in [0.15, 0.2) is 23.2 Å². The van der Waals surface area contributed by atoms with E-state index in [0.29, 0.717) is 6.04 Å². The molecule has 0 atom stereocenters. The molecule has 1 aromatic heterocycles. The molecule has 16 heavy (non-hydrogen) atoms. The summed E-state index contributed by atoms with van der Waals surface area (Å²) < 4.78 is 0. The average molecular weight is 234 g/mol. The normalized spacial score (nSPS) is 20.1. The second-order valence-electron chi connectivity index (χ2n) is 4.93. The van der Waals surface area contributed by atoms with E-state index in [4.69, 9.17) is 0 Å². The summed E-state index contributed by atoms with van der Waals surface area (Å²) in [5.41, 5.74) is 0. The first-order valence-electron chi connectivity index (χ1n) is 6.13. The van der Waals surface area contributed by atoms with Crippen LogP contribution in [0.3, 0.4) is 0 Å². The van der Waals surface area contributed by atoms with Gasteiger partial charge in [-0.25, -0.2) is 4.98 Å². The predicted molar refractivity (Wildman–Crippen MR) is 68.9 cm³/mol. The van der Waals surface area contributed by atoms with Crippen LogP contribution in [0.5, 0.6) is 0 Å². The number of pyridine rings is 1. The van der Waals surface area contributed by atoms with Crippen molar-refractivity contribution in [2.24, 2.45) is 11.8 Å². The molecule has 3 rings (SSSR count). The van der Waals surface area contributed by atoms with Gasteiger partial charge in [0, 0.05) is 17.1 Å². The van der Waals surface area contributed by atoms with E-state index in [9.17, 15) is 0 Å². The van der Waals surface area contributed by atoms with E-state index in [-0.39, 0.29) is 0 Å². The lowest BCUT2D eigenvalue weighted by atomic mass is 10.1. The highest BCUT2D eigenvalue weighted by Crippen LogP contribution is 2.45. The molecule has 0 radical (unpaired) electrons. The number of rotatable bonds is 5. The molecule has 2 nitrogen and oxygen atoms in total. The van der Waals surface area contributed by atoms with E-state index in [1.54, 1.807) is 11.8 Å². The molecule has 0 unspecified atom stereocenters. The number of anilines is 1. The summed E-state index contributed by atoms with van der Waals surface area (Å²) in [6.45, 7) is 0. The van der Waals surface area contributed by atoms with Gasteiger partial charge in [0.2, 0.25) is 0 Å². The van der Waals surface area contributed by atoms with Crippen molar-refractivity contribution in [1.82, 2.24) is 4.98 Å². The van der Waals surface area contributed by atoms with E-state index >= 15 is 0 Å². The third-order valence-electron chi connectivity index (χ3n) is 3.55. The van der Waals surface area contributed by atoms with Crippen LogP contribution < -0.4 is 5.32 Å². The lowest BCUT2D eigenvalue weighted by Gasteiger charge is -2.18. The molecule has 2 aliphatic carbocycles. The summed E-state index contributed by atoms with van der Waals surface area (Å²) in [5.74, 6) is 2.91. The number of thioether (sulfide) groups is 1. The zero-order valence-corrected chi connectivity index (χ0v) is 10.5. The Labute approximate surface area is 101 Å². The lowest BCUT2D eigenvalue weighted by Crippen LogP contribution is -2.24. The third-order valence-corrected chi connectivity index (χ3v) is 4.26. The number of hydrogen-bond acceptors (Lipinski definition) is 3. The summed E-state index contributed by atoms with van der Waals surface area (Å²) >= 11 is 1.74. The minimum absolute atomic E-state index is 0.702. The monoisotopic (exact) mass is 234 g/mol. The third kappa shape index (κ3) is 2.34. The molecule has 2 saturated carbocycles. The van der Waals surface area contributed by atoms with Crippen LogP contribution >= 0.6 is 11.8 Å². The molecule has 1 aromatic rings. The van der Waals surface area contributed by atoms with Gasteiger partial charge >= 0.3 is 0 Å². The molecular weight excluding hydrogens is 216 g/mol. The molecule has 0 bridgehead atoms. The fraction of sp³-hybridized carbons (Fsp3) is 0.615. The maximum absolute atomic E-state index is 4.48. The fourth-order valence-corrected chi connectivity index (χ4v) is 2.65. The van der Waals surface area contributed by atoms with Crippen LogP contribution in [-0.2, 0) is 0 Å². The van der Waals surface area contributed by atoms with Gasteiger partial charge < -0.3 is 5.32 Å². The first kappa shape index (κ1) is 10.5. The van der Waals surface area contributed by atoms with Crippen molar-refractivity contribution in [3.05, 3.63) is 18.3 Å². The van der Waals surface area contributed by atoms with Gasteiger partial charge in [-0.05, 0) is 55.9 Å². The van der Waals surface area contributed by atoms with Crippen LogP contribution in [0.1, 0.15) is 25.7 Å². The van der Waals surface area contributed by atoms with Crippen molar-refractivity contribution in [2.45, 2.75) is 36.6 Å². The van der Waals surface area contributed by atoms with Gasteiger partial charge in [-0.1, -0.05) is 0 Å². The first-order valence-corrected chi connectivity index (χ1v) is 7.36. The zero-order valence-electron chi connectivity index (χ0n) is 9.65. The van der Waals surface area contributed by atoms with Gasteiger partial charge in [-0.15, -0.1) is 11.8 Å². The van der Waals surface area contributed by atoms with E-state index in [1.165, 1.54) is 30.6 Å². The maximum atomic E-state index is 4.48. The Morgan fingerprint density at radius 1 is 1.25 bits per heavy atom. The van der Waals surface area contributed by atoms with Crippen LogP contribution in [0.4, 0.5) is 5.82 Å². The Kier molecular flexibility index (Phi) is 2.80. The minimum Gasteiger partial charge on any atom is -0.367 e. The highest BCUT2D eigenvalue weighted by Gasteiger charge is 2.41. The van der Waals surface area contributed by atoms with Crippen LogP contribution in [0, 0.1) is 11.8 Å². The zero-order chi connectivity index (χ0) is 11.0. The quantitative estimate of drug-likeness (QED) is 0.790. The number of nitrogens with one attached hydrogen (secondary N) is 1. The first-order chi connectivity index (χ1) is 7.86. The standard InChI is InChI=1S/C13H18N2S/c1-16-11-6-7-12(14-8-11)15-13(9-2-3-9)10-4-5-10/h6-10,13H,2-5H2,1H3,(H,14,15). The summed E-state index contributed by atoms with van der Waals surface area (Å²) in [7, 11) is 0. The van der Waals surface area contributed by atoms with Gasteiger partial charge in [-0.3, -0.25) is 0 Å². The summed E-state index contributed by atoms with van der Waals surface area (Å²) in [6, 6.07) is 4.97. The van der Waals surface area contributed by atoms with E-state index in [2.05, 4.69) is 28.7 Å². The van der Waals surface area contributed by atoms with Crippen molar-refractivity contribution in [3.63, 3.8) is 0 Å². The van der Waals surface area contributed by atoms with E-state index in [1.807, 2.05) is 6.20 Å². The minimum atomic E-state index is 0.702. The van der Waals surface area contributed by atoms with Crippen molar-refractivity contribution in [2.75, 3.05) is 11.6 Å². The Hall–Kier alpha value is -0.700. The summed E-state index contributed by atoms with van der Waals surface area (Å²) in [5, 5.41) is 3.63. The molecule has 0 amide bonds. The Morgan fingerprint density at radius 3 is 2.38 bits per heavy atom. The number of nitrogens with zero attached hydrogens (tertiary/aromatic N) is 1. The lowest BCUT2D eigenvalue weighted by molar-refractivity contribution is 0.565. The fourth-order valence-electron chi connectivity index (χ4n) is 2.29. The number of hydrogen-bond donors (Lipinski definition) is 1. The second kappa shape index (κ2) is 4.28. The summed E-state index contributed by atoms with van der Waals surface area (Å²) in [6.07, 6.45) is 9.70. The number of aromatic nitrogens is 1. The largest absolute Gasteiger partial charge is 0.367 e. The summed E-state index contributed by atoms with van der Waals surface area (Å²) in [4.78, 5) is 5.71. The van der Waals surface area contributed by atoms with Crippen LogP contribution in [-0.4, -0.2) is 17.3 Å². The van der Waals surface area contributed by atoms with Crippen molar-refractivity contribution in [1.29, 1.82) is 0 Å². The Morgan fingerprint density at radius 2 is 1.94 bits per heavy atom. The molecular formula is C13H18N2S. The van der Waals surface area contributed by atoms with Crippen molar-refractivity contribution in [3.8, 4) is 0 Å². The van der Waals surface area contributed by atoms with E-state index in [0.717, 1.165) is 17.7 Å². The van der Waals surface area contributed by atoms with Gasteiger partial charge in [0.1, 0.15) is 5.82 Å². The Balaban J connectivity index is 1.66. The predicted octanol–water partition coefficient (Wildman–Crippen LogP) is 3.40. The molecule has 0 aliphatic heterocycles. The smallest absolute Gasteiger partial charge is 0.126 e. The average Bonchev–Trinajstić information content (AvgIpc) is 3.19. The molecule has 3 heteroatoms. The maximum Gasteiger partial charge on any atom is 0.126 e. The molecule has 0 aromatic carbocycles. The molecule has 1 heterocycles. The molecule has 2 aliphatic rings. The highest BCUT2D eigenvalue weighted by atomic mass is 32.2. The Bertz CT molecular complexity index is 343.